The first kappa shape index (κ1) is 19.7. The first-order valence-electron chi connectivity index (χ1n) is 9.34. The summed E-state index contributed by atoms with van der Waals surface area (Å²) in [7, 11) is 1.61. The number of halogens is 1. The number of ether oxygens (including phenoxy) is 1. The van der Waals surface area contributed by atoms with Crippen LogP contribution in [0.3, 0.4) is 0 Å². The predicted molar refractivity (Wildman–Crippen MR) is 117 cm³/mol. The van der Waals surface area contributed by atoms with E-state index in [4.69, 9.17) is 16.3 Å². The summed E-state index contributed by atoms with van der Waals surface area (Å²) in [5, 5.41) is 8.03. The molecule has 0 saturated carbocycles. The van der Waals surface area contributed by atoms with Gasteiger partial charge >= 0.3 is 0 Å². The minimum Gasteiger partial charge on any atom is -0.497 e. The summed E-state index contributed by atoms with van der Waals surface area (Å²) in [4.78, 5) is 17.7. The van der Waals surface area contributed by atoms with E-state index in [2.05, 4.69) is 15.4 Å². The van der Waals surface area contributed by atoms with Crippen LogP contribution in [0.1, 0.15) is 15.9 Å². The maximum absolute atomic E-state index is 13.2. The Balaban J connectivity index is 1.71. The molecule has 0 saturated heterocycles. The van der Waals surface area contributed by atoms with Crippen LogP contribution in [-0.4, -0.2) is 27.8 Å². The number of aromatic nitrogens is 3. The topological polar surface area (TPSA) is 69.0 Å². The van der Waals surface area contributed by atoms with Crippen molar-refractivity contribution in [1.29, 1.82) is 0 Å². The summed E-state index contributed by atoms with van der Waals surface area (Å²) >= 11 is 6.23. The van der Waals surface area contributed by atoms with Gasteiger partial charge < -0.3 is 10.1 Å². The summed E-state index contributed by atoms with van der Waals surface area (Å²) < 4.78 is 6.46. The molecule has 0 fully saturated rings. The maximum atomic E-state index is 13.2. The van der Waals surface area contributed by atoms with Gasteiger partial charge in [0.05, 0.1) is 17.7 Å². The minimum absolute atomic E-state index is 0.342. The monoisotopic (exact) mass is 418 g/mol. The van der Waals surface area contributed by atoms with Crippen molar-refractivity contribution in [2.45, 2.75) is 6.54 Å². The molecule has 0 amide bonds. The molecule has 4 aromatic rings. The highest BCUT2D eigenvalue weighted by Gasteiger charge is 2.20. The molecule has 6 nitrogen and oxygen atoms in total. The van der Waals surface area contributed by atoms with Crippen LogP contribution in [0.25, 0.3) is 11.4 Å². The van der Waals surface area contributed by atoms with Crippen LogP contribution in [0.2, 0.25) is 5.02 Å². The van der Waals surface area contributed by atoms with Crippen LogP contribution >= 0.6 is 11.6 Å². The molecule has 0 bridgehead atoms. The van der Waals surface area contributed by atoms with Gasteiger partial charge in [0.15, 0.2) is 5.82 Å². The summed E-state index contributed by atoms with van der Waals surface area (Å²) in [6.07, 6.45) is 0. The zero-order valence-corrected chi connectivity index (χ0v) is 17.0. The van der Waals surface area contributed by atoms with E-state index in [-0.39, 0.29) is 5.91 Å². The standard InChI is InChI=1S/C23H19ClN4O2/c1-30-18-13-11-17(12-14-18)21-26-23(25-15-16-7-3-2-4-8-16)28(27-21)22(29)19-9-5-6-10-20(19)24/h2-14H,15H2,1H3,(H,25,26,27). The third-order valence-corrected chi connectivity index (χ3v) is 4.88. The highest BCUT2D eigenvalue weighted by molar-refractivity contribution is 6.33. The molecule has 7 heteroatoms. The van der Waals surface area contributed by atoms with Crippen molar-refractivity contribution in [2.24, 2.45) is 0 Å². The van der Waals surface area contributed by atoms with Gasteiger partial charge in [0.2, 0.25) is 5.95 Å². The van der Waals surface area contributed by atoms with Crippen molar-refractivity contribution in [3.05, 3.63) is 95.0 Å². The Morgan fingerprint density at radius 2 is 1.70 bits per heavy atom. The lowest BCUT2D eigenvalue weighted by Crippen LogP contribution is -2.18. The number of rotatable bonds is 6. The average Bonchev–Trinajstić information content (AvgIpc) is 3.22. The largest absolute Gasteiger partial charge is 0.497 e. The van der Waals surface area contributed by atoms with Gasteiger partial charge in [-0.2, -0.15) is 9.67 Å². The van der Waals surface area contributed by atoms with Crippen molar-refractivity contribution in [2.75, 3.05) is 12.4 Å². The average molecular weight is 419 g/mol. The van der Waals surface area contributed by atoms with Gasteiger partial charge in [0.1, 0.15) is 5.75 Å². The molecule has 0 aliphatic heterocycles. The molecule has 0 radical (unpaired) electrons. The second-order valence-corrected chi connectivity index (χ2v) is 6.93. The Bertz CT molecular complexity index is 1160. The first-order valence-corrected chi connectivity index (χ1v) is 9.72. The van der Waals surface area contributed by atoms with Crippen molar-refractivity contribution >= 4 is 23.5 Å². The number of carbonyl (C=O) groups is 1. The predicted octanol–water partition coefficient (Wildman–Crippen LogP) is 4.91. The Morgan fingerprint density at radius 3 is 2.40 bits per heavy atom. The van der Waals surface area contributed by atoms with Crippen LogP contribution in [0.5, 0.6) is 5.75 Å². The maximum Gasteiger partial charge on any atom is 0.282 e. The molecular formula is C23H19ClN4O2. The fourth-order valence-corrected chi connectivity index (χ4v) is 3.17. The number of carbonyl (C=O) groups excluding carboxylic acids is 1. The summed E-state index contributed by atoms with van der Waals surface area (Å²) in [5.74, 6) is 1.14. The second kappa shape index (κ2) is 8.80. The van der Waals surface area contributed by atoms with E-state index < -0.39 is 0 Å². The summed E-state index contributed by atoms with van der Waals surface area (Å²) in [6, 6.07) is 24.1. The molecular weight excluding hydrogens is 400 g/mol. The SMILES string of the molecule is COc1ccc(-c2nc(NCc3ccccc3)n(C(=O)c3ccccc3Cl)n2)cc1. The van der Waals surface area contributed by atoms with Gasteiger partial charge in [-0.15, -0.1) is 5.10 Å². The number of hydrogen-bond acceptors (Lipinski definition) is 5. The molecule has 1 heterocycles. The van der Waals surface area contributed by atoms with E-state index in [0.717, 1.165) is 16.9 Å². The van der Waals surface area contributed by atoms with E-state index in [1.165, 1.54) is 4.68 Å². The molecule has 3 aromatic carbocycles. The smallest absolute Gasteiger partial charge is 0.282 e. The van der Waals surface area contributed by atoms with Crippen LogP contribution in [0, 0.1) is 0 Å². The highest BCUT2D eigenvalue weighted by atomic mass is 35.5. The van der Waals surface area contributed by atoms with Gasteiger partial charge in [-0.05, 0) is 42.0 Å². The van der Waals surface area contributed by atoms with E-state index in [1.807, 2.05) is 54.6 Å². The van der Waals surface area contributed by atoms with E-state index in [1.54, 1.807) is 31.4 Å². The second-order valence-electron chi connectivity index (χ2n) is 6.52. The lowest BCUT2D eigenvalue weighted by molar-refractivity contribution is 0.0947. The zero-order valence-electron chi connectivity index (χ0n) is 16.2. The number of hydrogen-bond donors (Lipinski definition) is 1. The number of nitrogens with zero attached hydrogens (tertiary/aromatic N) is 3. The van der Waals surface area contributed by atoms with Gasteiger partial charge in [-0.1, -0.05) is 54.1 Å². The lowest BCUT2D eigenvalue weighted by Gasteiger charge is -2.08. The van der Waals surface area contributed by atoms with Gasteiger partial charge in [0.25, 0.3) is 5.91 Å². The van der Waals surface area contributed by atoms with E-state index in [9.17, 15) is 4.79 Å². The third-order valence-electron chi connectivity index (χ3n) is 4.55. The van der Waals surface area contributed by atoms with Crippen LogP contribution in [0.4, 0.5) is 5.95 Å². The van der Waals surface area contributed by atoms with Crippen molar-refractivity contribution in [3.63, 3.8) is 0 Å². The Hall–Kier alpha value is -3.64. The van der Waals surface area contributed by atoms with Crippen molar-refractivity contribution < 1.29 is 9.53 Å². The molecule has 1 N–H and O–H groups in total. The van der Waals surface area contributed by atoms with Gasteiger partial charge in [-0.25, -0.2) is 0 Å². The number of benzene rings is 3. The molecule has 150 valence electrons. The molecule has 0 unspecified atom stereocenters. The fraction of sp³-hybridized carbons (Fsp3) is 0.0870. The molecule has 0 aliphatic carbocycles. The summed E-state index contributed by atoms with van der Waals surface area (Å²) in [5.41, 5.74) is 2.18. The van der Waals surface area contributed by atoms with Crippen LogP contribution < -0.4 is 10.1 Å². The van der Waals surface area contributed by atoms with Crippen molar-refractivity contribution in [1.82, 2.24) is 14.8 Å². The molecule has 4 rings (SSSR count). The Labute approximate surface area is 179 Å². The lowest BCUT2D eigenvalue weighted by atomic mass is 10.2. The minimum atomic E-state index is -0.358. The fourth-order valence-electron chi connectivity index (χ4n) is 2.96. The molecule has 0 atom stereocenters. The normalized spacial score (nSPS) is 10.6. The van der Waals surface area contributed by atoms with Gasteiger partial charge in [-0.3, -0.25) is 4.79 Å². The quantitative estimate of drug-likeness (QED) is 0.482. The number of nitrogens with one attached hydrogen (secondary N) is 1. The summed E-state index contributed by atoms with van der Waals surface area (Å²) in [6.45, 7) is 0.497. The Morgan fingerprint density at radius 1 is 1.00 bits per heavy atom. The number of anilines is 1. The molecule has 1 aromatic heterocycles. The zero-order chi connectivity index (χ0) is 20.9. The molecule has 30 heavy (non-hydrogen) atoms. The van der Waals surface area contributed by atoms with Crippen molar-refractivity contribution in [3.8, 4) is 17.1 Å². The highest BCUT2D eigenvalue weighted by Crippen LogP contribution is 2.23. The molecule has 0 aliphatic rings. The Kier molecular flexibility index (Phi) is 5.77. The number of methoxy groups -OCH3 is 1. The third kappa shape index (κ3) is 4.18. The van der Waals surface area contributed by atoms with Crippen LogP contribution in [-0.2, 0) is 6.54 Å². The van der Waals surface area contributed by atoms with E-state index >= 15 is 0 Å². The van der Waals surface area contributed by atoms with E-state index in [0.29, 0.717) is 28.9 Å². The molecule has 0 spiro atoms. The van der Waals surface area contributed by atoms with Gasteiger partial charge in [0, 0.05) is 12.1 Å². The van der Waals surface area contributed by atoms with Crippen LogP contribution in [0.15, 0.2) is 78.9 Å². The first-order chi connectivity index (χ1) is 14.7.